The number of H-pyrrole nitrogens is 1. The Labute approximate surface area is 191 Å². The van der Waals surface area contributed by atoms with E-state index in [9.17, 15) is 9.18 Å². The van der Waals surface area contributed by atoms with Crippen LogP contribution in [0.5, 0.6) is 0 Å². The van der Waals surface area contributed by atoms with Crippen molar-refractivity contribution in [1.82, 2.24) is 44.9 Å². The van der Waals surface area contributed by atoms with Crippen molar-refractivity contribution in [2.24, 2.45) is 7.05 Å². The van der Waals surface area contributed by atoms with Crippen LogP contribution in [-0.2, 0) is 7.05 Å². The zero-order chi connectivity index (χ0) is 24.0. The molecular formula is C21H20FN11O. The number of nitrogens with zero attached hydrogens (tertiary/aromatic N) is 8. The molecule has 12 nitrogen and oxygen atoms in total. The zero-order valence-electron chi connectivity index (χ0n) is 18.5. The molecule has 0 radical (unpaired) electrons. The van der Waals surface area contributed by atoms with E-state index < -0.39 is 17.4 Å². The van der Waals surface area contributed by atoms with Gasteiger partial charge in [-0.25, -0.2) is 14.4 Å². The van der Waals surface area contributed by atoms with Gasteiger partial charge in [0.25, 0.3) is 5.56 Å². The van der Waals surface area contributed by atoms with Gasteiger partial charge in [-0.05, 0) is 36.6 Å². The maximum atomic E-state index is 14.6. The Morgan fingerprint density at radius 2 is 2.06 bits per heavy atom. The summed E-state index contributed by atoms with van der Waals surface area (Å²) in [5.74, 6) is 0.504. The maximum Gasteiger partial charge on any atom is 0.267 e. The molecule has 0 aliphatic rings. The SMILES string of the molecule is Cc1cc(-n2c([C@H](C)Nc3ncnc(N)c3-c3nnn(C)n3)cc3cccc(F)c3c2=O)n[nH]1. The second kappa shape index (κ2) is 8.03. The maximum absolute atomic E-state index is 14.6. The fraction of sp³-hybridized carbons (Fsp3) is 0.190. The van der Waals surface area contributed by atoms with Crippen LogP contribution in [-0.4, -0.2) is 44.9 Å². The zero-order valence-corrected chi connectivity index (χ0v) is 18.5. The minimum atomic E-state index is -0.602. The van der Waals surface area contributed by atoms with Crippen molar-refractivity contribution in [2.45, 2.75) is 19.9 Å². The van der Waals surface area contributed by atoms with E-state index in [0.717, 1.165) is 5.69 Å². The Morgan fingerprint density at radius 3 is 2.76 bits per heavy atom. The fourth-order valence-electron chi connectivity index (χ4n) is 3.81. The van der Waals surface area contributed by atoms with E-state index in [1.54, 1.807) is 31.3 Å². The number of aromatic amines is 1. The Bertz CT molecular complexity index is 1590. The topological polar surface area (TPSA) is 158 Å². The molecule has 0 aliphatic carbocycles. The molecule has 0 fully saturated rings. The molecule has 0 aliphatic heterocycles. The number of nitrogen functional groups attached to an aromatic ring is 1. The first-order chi connectivity index (χ1) is 16.3. The predicted molar refractivity (Wildman–Crippen MR) is 123 cm³/mol. The molecule has 172 valence electrons. The average molecular weight is 461 g/mol. The standard InChI is InChI=1S/C21H20FN11O/c1-10-7-15(28-27-10)33-14(8-12-5-4-6-13(22)16(12)21(33)34)11(2)26-19-17(18(23)24-9-25-19)20-29-31-32(3)30-20/h4-9,11H,1-3H3,(H,27,28)(H3,23,24,25,26)/t11-/m0/s1. The highest BCUT2D eigenvalue weighted by atomic mass is 19.1. The van der Waals surface area contributed by atoms with Crippen LogP contribution in [0.4, 0.5) is 16.0 Å². The number of nitrogens with one attached hydrogen (secondary N) is 2. The van der Waals surface area contributed by atoms with Crippen LogP contribution in [0.15, 0.2) is 41.5 Å². The van der Waals surface area contributed by atoms with E-state index in [-0.39, 0.29) is 17.0 Å². The summed E-state index contributed by atoms with van der Waals surface area (Å²) in [6.07, 6.45) is 1.31. The Morgan fingerprint density at radius 1 is 1.24 bits per heavy atom. The van der Waals surface area contributed by atoms with Gasteiger partial charge in [-0.3, -0.25) is 14.5 Å². The molecule has 0 saturated carbocycles. The quantitative estimate of drug-likeness (QED) is 0.355. The van der Waals surface area contributed by atoms with Crippen molar-refractivity contribution in [3.63, 3.8) is 0 Å². The number of rotatable bonds is 5. The van der Waals surface area contributed by atoms with E-state index >= 15 is 0 Å². The number of tetrazole rings is 1. The minimum absolute atomic E-state index is 0.0187. The molecule has 13 heteroatoms. The largest absolute Gasteiger partial charge is 0.383 e. The van der Waals surface area contributed by atoms with Crippen molar-refractivity contribution < 1.29 is 4.39 Å². The summed E-state index contributed by atoms with van der Waals surface area (Å²) in [7, 11) is 1.63. The normalized spacial score (nSPS) is 12.2. The number of fused-ring (bicyclic) bond motifs is 1. The summed E-state index contributed by atoms with van der Waals surface area (Å²) in [5.41, 5.74) is 7.23. The van der Waals surface area contributed by atoms with Gasteiger partial charge >= 0.3 is 0 Å². The molecule has 0 bridgehead atoms. The number of pyridine rings is 1. The van der Waals surface area contributed by atoms with Crippen LogP contribution in [0.3, 0.4) is 0 Å². The average Bonchev–Trinajstić information content (AvgIpc) is 3.41. The number of hydrogen-bond acceptors (Lipinski definition) is 9. The van der Waals surface area contributed by atoms with Crippen molar-refractivity contribution in [2.75, 3.05) is 11.1 Å². The molecule has 1 atom stereocenters. The number of aryl methyl sites for hydroxylation is 2. The molecule has 4 N–H and O–H groups in total. The smallest absolute Gasteiger partial charge is 0.267 e. The van der Waals surface area contributed by atoms with E-state index in [2.05, 4.69) is 40.9 Å². The number of aromatic nitrogens is 9. The summed E-state index contributed by atoms with van der Waals surface area (Å²) in [6.45, 7) is 3.65. The number of nitrogens with two attached hydrogens (primary N) is 1. The van der Waals surface area contributed by atoms with Crippen LogP contribution >= 0.6 is 0 Å². The van der Waals surface area contributed by atoms with Gasteiger partial charge in [0.2, 0.25) is 5.82 Å². The van der Waals surface area contributed by atoms with Gasteiger partial charge in [0.15, 0.2) is 5.82 Å². The van der Waals surface area contributed by atoms with Crippen LogP contribution < -0.4 is 16.6 Å². The van der Waals surface area contributed by atoms with E-state index in [0.29, 0.717) is 28.3 Å². The minimum Gasteiger partial charge on any atom is -0.383 e. The second-order valence-corrected chi connectivity index (χ2v) is 7.77. The summed E-state index contributed by atoms with van der Waals surface area (Å²) < 4.78 is 16.0. The third-order valence-electron chi connectivity index (χ3n) is 5.35. The summed E-state index contributed by atoms with van der Waals surface area (Å²) in [4.78, 5) is 23.1. The van der Waals surface area contributed by atoms with Gasteiger partial charge in [0, 0.05) is 11.8 Å². The third-order valence-corrected chi connectivity index (χ3v) is 5.35. The van der Waals surface area contributed by atoms with Gasteiger partial charge in [-0.15, -0.1) is 10.2 Å². The van der Waals surface area contributed by atoms with Crippen LogP contribution in [0.1, 0.15) is 24.4 Å². The molecule has 34 heavy (non-hydrogen) atoms. The first-order valence-corrected chi connectivity index (χ1v) is 10.3. The summed E-state index contributed by atoms with van der Waals surface area (Å²) >= 11 is 0. The molecule has 5 rings (SSSR count). The van der Waals surface area contributed by atoms with E-state index in [1.807, 2.05) is 13.8 Å². The van der Waals surface area contributed by atoms with Gasteiger partial charge in [-0.1, -0.05) is 12.1 Å². The van der Waals surface area contributed by atoms with Gasteiger partial charge < -0.3 is 11.1 Å². The molecule has 0 amide bonds. The Kier molecular flexibility index (Phi) is 5.00. The van der Waals surface area contributed by atoms with E-state index in [1.165, 1.54) is 21.8 Å². The van der Waals surface area contributed by atoms with E-state index in [4.69, 9.17) is 5.73 Å². The highest BCUT2D eigenvalue weighted by molar-refractivity contribution is 5.83. The lowest BCUT2D eigenvalue weighted by Gasteiger charge is -2.21. The molecule has 5 aromatic rings. The summed E-state index contributed by atoms with van der Waals surface area (Å²) in [5, 5.41) is 22.8. The summed E-state index contributed by atoms with van der Waals surface area (Å²) in [6, 6.07) is 7.46. The van der Waals surface area contributed by atoms with Crippen LogP contribution in [0, 0.1) is 12.7 Å². The highest BCUT2D eigenvalue weighted by Crippen LogP contribution is 2.31. The molecule has 4 heterocycles. The molecule has 1 aromatic carbocycles. The third kappa shape index (κ3) is 3.52. The fourth-order valence-corrected chi connectivity index (χ4v) is 3.81. The number of benzene rings is 1. The van der Waals surface area contributed by atoms with Crippen molar-refractivity contribution in [3.8, 4) is 17.2 Å². The highest BCUT2D eigenvalue weighted by Gasteiger charge is 2.23. The first-order valence-electron chi connectivity index (χ1n) is 10.3. The lowest BCUT2D eigenvalue weighted by molar-refractivity contribution is 0.630. The predicted octanol–water partition coefficient (Wildman–Crippen LogP) is 1.90. The number of halogens is 1. The lowest BCUT2D eigenvalue weighted by atomic mass is 10.1. The Balaban J connectivity index is 1.67. The molecule has 0 saturated heterocycles. The van der Waals surface area contributed by atoms with Crippen LogP contribution in [0.25, 0.3) is 28.0 Å². The molecule has 4 aromatic heterocycles. The molecule has 0 unspecified atom stereocenters. The van der Waals surface area contributed by atoms with Crippen molar-refractivity contribution in [3.05, 3.63) is 64.2 Å². The van der Waals surface area contributed by atoms with Gasteiger partial charge in [0.1, 0.15) is 29.3 Å². The number of anilines is 2. The van der Waals surface area contributed by atoms with Gasteiger partial charge in [0.05, 0.1) is 24.2 Å². The lowest BCUT2D eigenvalue weighted by Crippen LogP contribution is -2.26. The molecule has 0 spiro atoms. The van der Waals surface area contributed by atoms with Gasteiger partial charge in [-0.2, -0.15) is 9.90 Å². The number of hydrogen-bond donors (Lipinski definition) is 3. The first kappa shape index (κ1) is 21.2. The van der Waals surface area contributed by atoms with Crippen LogP contribution in [0.2, 0.25) is 0 Å². The monoisotopic (exact) mass is 461 g/mol. The molecular weight excluding hydrogens is 441 g/mol. The Hall–Kier alpha value is -4.68. The van der Waals surface area contributed by atoms with Crippen molar-refractivity contribution >= 4 is 22.4 Å². The second-order valence-electron chi connectivity index (χ2n) is 7.77. The van der Waals surface area contributed by atoms with Crippen molar-refractivity contribution in [1.29, 1.82) is 0 Å².